The van der Waals surface area contributed by atoms with Crippen LogP contribution in [0.2, 0.25) is 0 Å². The van der Waals surface area contributed by atoms with E-state index in [2.05, 4.69) is 178 Å². The molecule has 2 N–H and O–H groups in total. The molecule has 0 amide bonds. The Morgan fingerprint density at radius 2 is 0.331 bits per heavy atom. The van der Waals surface area contributed by atoms with E-state index in [-0.39, 0.29) is 0 Å². The molecule has 1 heterocycles. The zero-order chi connectivity index (χ0) is 96.5. The van der Waals surface area contributed by atoms with Gasteiger partial charge in [0, 0.05) is 46.3 Å². The second-order valence-electron chi connectivity index (χ2n) is 42.0. The van der Waals surface area contributed by atoms with Crippen LogP contribution in [0.1, 0.15) is 632 Å². The number of hydrogen-bond donors (Lipinski definition) is 2. The summed E-state index contributed by atoms with van der Waals surface area (Å²) in [5.41, 5.74) is 4.56. The highest BCUT2D eigenvalue weighted by Crippen LogP contribution is 2.46. The van der Waals surface area contributed by atoms with Crippen LogP contribution in [0.25, 0.3) is 11.4 Å². The molecule has 0 saturated carbocycles. The molecule has 0 aliphatic carbocycles. The molecule has 136 heavy (non-hydrogen) atoms. The number of unbranched alkanes of at least 4 members (excludes halogenated alkanes) is 84. The van der Waals surface area contributed by atoms with E-state index in [0.717, 1.165) is 46.4 Å². The number of nitrogens with zero attached hydrogens (tertiary/aromatic N) is 3. The summed E-state index contributed by atoms with van der Waals surface area (Å²) in [7, 11) is 0. The maximum absolute atomic E-state index is 5.50. The van der Waals surface area contributed by atoms with Crippen LogP contribution >= 0.6 is 70.6 Å². The van der Waals surface area contributed by atoms with E-state index >= 15 is 0 Å². The quantitative estimate of drug-likeness (QED) is 0.0328. The van der Waals surface area contributed by atoms with Gasteiger partial charge in [0.1, 0.15) is 0 Å². The van der Waals surface area contributed by atoms with Gasteiger partial charge < -0.3 is 10.6 Å². The topological polar surface area (TPSA) is 62.7 Å². The van der Waals surface area contributed by atoms with Crippen LogP contribution in [0.15, 0.2) is 77.9 Å². The fraction of sp³-hybridized carbons (Fsp3) is 0.832. The van der Waals surface area contributed by atoms with E-state index in [4.69, 9.17) is 15.0 Å². The standard InChI is InChI=1S/C125H225N5S6/c1-8-15-21-27-33-39-45-51-57-63-69-75-81-87-93-103-131-117-109-115(110-118(132-104-94-88-82-76-70-64-58-52-46-40-34-28-22-16-9-2)121(117)135-107-97-91-85-79-73-67-61-55-49-43-37-31-25-19-12-5)126-124-128-123(114-101-99-113(14-7)100-102-114)129-125(130-124)127-116-111-119(133-105-95-89-83-77-71-65-59-53-47-41-35-29-23-17-10-3)122(136-108-98-92-86-80-74-68-62-56-50-44-38-32-26-20-13-6)120(112-116)134-106-96-90-84-78-72-66-60-54-48-42-36-30-24-18-11-4/h99-102,109-112H,8-98,103-108H2,1-7H3,(H2,126,127,128,129,130). The van der Waals surface area contributed by atoms with Crippen LogP contribution in [0.5, 0.6) is 0 Å². The van der Waals surface area contributed by atoms with Gasteiger partial charge in [0.05, 0.1) is 0 Å². The third-order valence-corrected chi connectivity index (χ3v) is 36.3. The third kappa shape index (κ3) is 75.1. The maximum Gasteiger partial charge on any atom is 0.232 e. The Hall–Kier alpha value is -1.63. The molecule has 0 aliphatic rings. The SMILES string of the molecule is CCCCCCCCCCCCCCCCCSc1cc(Nc2nc(Nc3cc(SCCCCCCCCCCCCCCCCC)c(SCCCCCCCCCCCCCCCCC)c(SCCCCCCCCCCCCCCCCC)c3)nc(-c3ccc(CC)cc3)n2)cc(SCCCCCCCCCCCCCCCCC)c1SCCCCCCCCCCCCCCCCC. The second-order valence-corrected chi connectivity index (χ2v) is 48.8. The molecule has 0 saturated heterocycles. The molecule has 3 aromatic carbocycles. The van der Waals surface area contributed by atoms with Crippen LogP contribution in [0.4, 0.5) is 23.3 Å². The first-order valence-electron chi connectivity index (χ1n) is 61.0. The summed E-state index contributed by atoms with van der Waals surface area (Å²) >= 11 is 12.9. The number of rotatable bonds is 108. The minimum atomic E-state index is 0.614. The fourth-order valence-electron chi connectivity index (χ4n) is 19.7. The highest BCUT2D eigenvalue weighted by atomic mass is 32.2. The molecule has 0 unspecified atom stereocenters. The van der Waals surface area contributed by atoms with Gasteiger partial charge in [-0.15, -0.1) is 70.6 Å². The van der Waals surface area contributed by atoms with E-state index in [9.17, 15) is 0 Å². The number of aryl methyl sites for hydroxylation is 1. The normalized spacial score (nSPS) is 11.7. The van der Waals surface area contributed by atoms with Crippen molar-refractivity contribution in [2.24, 2.45) is 0 Å². The Bertz CT molecular complexity index is 2870. The van der Waals surface area contributed by atoms with Crippen molar-refractivity contribution in [1.82, 2.24) is 15.0 Å². The van der Waals surface area contributed by atoms with Gasteiger partial charge in [-0.2, -0.15) is 15.0 Å². The summed E-state index contributed by atoms with van der Waals surface area (Å²) in [6.07, 6.45) is 127. The van der Waals surface area contributed by atoms with Gasteiger partial charge in [-0.05, 0) is 109 Å². The minimum Gasteiger partial charge on any atom is -0.324 e. The number of anilines is 4. The zero-order valence-electron chi connectivity index (χ0n) is 91.5. The molecule has 0 atom stereocenters. The molecule has 4 rings (SSSR count). The van der Waals surface area contributed by atoms with Crippen LogP contribution in [0, 0.1) is 0 Å². The third-order valence-electron chi connectivity index (χ3n) is 28.8. The monoisotopic (exact) mass is 1990 g/mol. The lowest BCUT2D eigenvalue weighted by Gasteiger charge is -2.19. The van der Waals surface area contributed by atoms with Crippen molar-refractivity contribution in [2.75, 3.05) is 45.2 Å². The van der Waals surface area contributed by atoms with Gasteiger partial charge >= 0.3 is 0 Å². The molecule has 0 fully saturated rings. The molecular formula is C125H225N5S6. The van der Waals surface area contributed by atoms with E-state index < -0.39 is 0 Å². The van der Waals surface area contributed by atoms with Crippen molar-refractivity contribution in [2.45, 2.75) is 662 Å². The maximum atomic E-state index is 5.50. The molecule has 0 radical (unpaired) electrons. The van der Waals surface area contributed by atoms with Gasteiger partial charge in [0.15, 0.2) is 5.82 Å². The highest BCUT2D eigenvalue weighted by Gasteiger charge is 2.20. The molecule has 0 bridgehead atoms. The van der Waals surface area contributed by atoms with Crippen molar-refractivity contribution in [3.63, 3.8) is 0 Å². The van der Waals surface area contributed by atoms with Crippen molar-refractivity contribution in [3.8, 4) is 11.4 Å². The molecule has 5 nitrogen and oxygen atoms in total. The number of aromatic nitrogens is 3. The van der Waals surface area contributed by atoms with Crippen LogP contribution in [-0.2, 0) is 6.42 Å². The zero-order valence-corrected chi connectivity index (χ0v) is 96.4. The van der Waals surface area contributed by atoms with E-state index in [1.165, 1.54) is 624 Å². The summed E-state index contributed by atoms with van der Waals surface area (Å²) in [6.45, 7) is 16.3. The average Bonchev–Trinajstić information content (AvgIpc) is 0.802. The van der Waals surface area contributed by atoms with Gasteiger partial charge in [0.2, 0.25) is 11.9 Å². The van der Waals surface area contributed by atoms with Crippen molar-refractivity contribution in [3.05, 3.63) is 54.1 Å². The average molecular weight is 1990 g/mol. The van der Waals surface area contributed by atoms with Crippen molar-refractivity contribution < 1.29 is 0 Å². The molecule has 4 aromatic rings. The lowest BCUT2D eigenvalue weighted by Crippen LogP contribution is -2.06. The molecule has 11 heteroatoms. The predicted molar refractivity (Wildman–Crippen MR) is 628 cm³/mol. The number of nitrogens with one attached hydrogen (secondary N) is 2. The van der Waals surface area contributed by atoms with Crippen molar-refractivity contribution in [1.29, 1.82) is 0 Å². The second kappa shape index (κ2) is 99.3. The molecule has 1 aromatic heterocycles. The number of thioether (sulfide) groups is 6. The Labute approximate surface area is 874 Å². The highest BCUT2D eigenvalue weighted by molar-refractivity contribution is 8.04. The van der Waals surface area contributed by atoms with E-state index in [1.54, 1.807) is 0 Å². The first-order valence-corrected chi connectivity index (χ1v) is 66.9. The first kappa shape index (κ1) is 127. The van der Waals surface area contributed by atoms with Gasteiger partial charge in [-0.25, -0.2) is 0 Å². The largest absolute Gasteiger partial charge is 0.324 e. The van der Waals surface area contributed by atoms with Crippen LogP contribution < -0.4 is 10.6 Å². The summed E-state index contributed by atoms with van der Waals surface area (Å²) in [4.78, 5) is 25.3. The first-order chi connectivity index (χ1) is 67.5. The van der Waals surface area contributed by atoms with Gasteiger partial charge in [-0.3, -0.25) is 0 Å². The smallest absolute Gasteiger partial charge is 0.232 e. The number of hydrogen-bond acceptors (Lipinski definition) is 11. The number of benzene rings is 3. The molecule has 0 aliphatic heterocycles. The Kier molecular flexibility index (Phi) is 92.5. The lowest BCUT2D eigenvalue weighted by atomic mass is 10.0. The fourth-order valence-corrected chi connectivity index (χ4v) is 27.2. The van der Waals surface area contributed by atoms with Gasteiger partial charge in [-0.1, -0.05) is 612 Å². The van der Waals surface area contributed by atoms with Gasteiger partial charge in [0.25, 0.3) is 0 Å². The van der Waals surface area contributed by atoms with Crippen LogP contribution in [0.3, 0.4) is 0 Å². The summed E-state index contributed by atoms with van der Waals surface area (Å²) < 4.78 is 0. The summed E-state index contributed by atoms with van der Waals surface area (Å²) in [5.74, 6) is 8.95. The Morgan fingerprint density at radius 3 is 0.493 bits per heavy atom. The molecule has 786 valence electrons. The lowest BCUT2D eigenvalue weighted by molar-refractivity contribution is 0.535. The summed E-state index contributed by atoms with van der Waals surface area (Å²) in [6, 6.07) is 19.1. The van der Waals surface area contributed by atoms with E-state index in [0.29, 0.717) is 17.7 Å². The predicted octanol–water partition coefficient (Wildman–Crippen LogP) is 47.4. The summed E-state index contributed by atoms with van der Waals surface area (Å²) in [5, 5.41) is 8.00. The molecule has 0 spiro atoms. The minimum absolute atomic E-state index is 0.614. The van der Waals surface area contributed by atoms with Crippen LogP contribution in [-0.4, -0.2) is 49.5 Å². The van der Waals surface area contributed by atoms with Crippen molar-refractivity contribution >= 4 is 93.8 Å². The Balaban J connectivity index is 1.70. The van der Waals surface area contributed by atoms with E-state index in [1.807, 2.05) is 0 Å². The molecular weight excluding hydrogens is 1760 g/mol. The Morgan fingerprint density at radius 1 is 0.176 bits per heavy atom.